The number of carbonyl (C=O) groups is 1. The van der Waals surface area contributed by atoms with Crippen molar-refractivity contribution >= 4 is 17.4 Å². The summed E-state index contributed by atoms with van der Waals surface area (Å²) in [7, 11) is 0. The third kappa shape index (κ3) is 3.91. The molecule has 0 spiro atoms. The molecule has 0 unspecified atom stereocenters. The maximum atomic E-state index is 12.0. The molecule has 2 saturated heterocycles. The standard InChI is InChI=1S/C18H26N4O3/c1-14(23)21-11-4-2-3-6-16(21)15-8-12-20(13-9-15)18-17(22(24)25)7-5-10-19-18/h5,7,10,15-16H,2-4,6,8-9,11-13H2,1H3/t16-/m0/s1. The van der Waals surface area contributed by atoms with Gasteiger partial charge in [-0.15, -0.1) is 0 Å². The molecule has 136 valence electrons. The Kier molecular flexibility index (Phi) is 5.50. The minimum Gasteiger partial charge on any atom is -0.351 e. The van der Waals surface area contributed by atoms with Gasteiger partial charge < -0.3 is 9.80 Å². The van der Waals surface area contributed by atoms with Crippen LogP contribution in [0.5, 0.6) is 0 Å². The molecule has 3 rings (SSSR count). The van der Waals surface area contributed by atoms with Crippen LogP contribution in [0, 0.1) is 16.0 Å². The fraction of sp³-hybridized carbons (Fsp3) is 0.667. The lowest BCUT2D eigenvalue weighted by Gasteiger charge is -2.40. The third-order valence-electron chi connectivity index (χ3n) is 5.55. The molecule has 0 N–H and O–H groups in total. The van der Waals surface area contributed by atoms with E-state index in [4.69, 9.17) is 0 Å². The van der Waals surface area contributed by atoms with E-state index in [0.717, 1.165) is 45.3 Å². The zero-order valence-electron chi connectivity index (χ0n) is 14.8. The van der Waals surface area contributed by atoms with E-state index in [1.165, 1.54) is 18.9 Å². The summed E-state index contributed by atoms with van der Waals surface area (Å²) in [5.41, 5.74) is 0.0702. The number of pyridine rings is 1. The van der Waals surface area contributed by atoms with Crippen LogP contribution in [0.1, 0.15) is 45.4 Å². The number of amides is 1. The van der Waals surface area contributed by atoms with Gasteiger partial charge in [0, 0.05) is 44.9 Å². The number of nitro groups is 1. The molecule has 0 bridgehead atoms. The molecule has 0 saturated carbocycles. The summed E-state index contributed by atoms with van der Waals surface area (Å²) >= 11 is 0. The normalized spacial score (nSPS) is 22.5. The molecule has 0 aliphatic carbocycles. The van der Waals surface area contributed by atoms with Gasteiger partial charge >= 0.3 is 5.69 Å². The van der Waals surface area contributed by atoms with Crippen LogP contribution in [0.25, 0.3) is 0 Å². The molecule has 1 amide bonds. The molecule has 2 aliphatic rings. The number of rotatable bonds is 3. The fourth-order valence-corrected chi connectivity index (χ4v) is 4.29. The molecule has 3 heterocycles. The van der Waals surface area contributed by atoms with Crippen LogP contribution in [-0.4, -0.2) is 46.4 Å². The average molecular weight is 346 g/mol. The SMILES string of the molecule is CC(=O)N1CCCCC[C@H]1C1CCN(c2ncccc2[N+](=O)[O-])CC1. The zero-order chi connectivity index (χ0) is 17.8. The van der Waals surface area contributed by atoms with Crippen molar-refractivity contribution < 1.29 is 9.72 Å². The molecule has 7 nitrogen and oxygen atoms in total. The lowest BCUT2D eigenvalue weighted by atomic mass is 9.86. The van der Waals surface area contributed by atoms with Crippen molar-refractivity contribution in [3.8, 4) is 0 Å². The highest BCUT2D eigenvalue weighted by Crippen LogP contribution is 2.33. The third-order valence-corrected chi connectivity index (χ3v) is 5.55. The molecule has 7 heteroatoms. The second kappa shape index (κ2) is 7.80. The molecule has 1 aromatic heterocycles. The number of carbonyl (C=O) groups excluding carboxylic acids is 1. The van der Waals surface area contributed by atoms with Gasteiger partial charge in [0.05, 0.1) is 4.92 Å². The predicted octanol–water partition coefficient (Wildman–Crippen LogP) is 3.00. The molecule has 0 radical (unpaired) electrons. The van der Waals surface area contributed by atoms with E-state index in [9.17, 15) is 14.9 Å². The van der Waals surface area contributed by atoms with Crippen LogP contribution in [0.2, 0.25) is 0 Å². The first-order chi connectivity index (χ1) is 12.1. The van der Waals surface area contributed by atoms with Crippen LogP contribution in [-0.2, 0) is 4.79 Å². The largest absolute Gasteiger partial charge is 0.351 e. The fourth-order valence-electron chi connectivity index (χ4n) is 4.29. The Balaban J connectivity index is 1.69. The van der Waals surface area contributed by atoms with E-state index in [0.29, 0.717) is 17.8 Å². The minimum absolute atomic E-state index is 0.0702. The Labute approximate surface area is 148 Å². The molecule has 0 aromatic carbocycles. The first kappa shape index (κ1) is 17.6. The van der Waals surface area contributed by atoms with Crippen molar-refractivity contribution in [3.63, 3.8) is 0 Å². The number of hydrogen-bond donors (Lipinski definition) is 0. The van der Waals surface area contributed by atoms with Crippen LogP contribution in [0.3, 0.4) is 0 Å². The summed E-state index contributed by atoms with van der Waals surface area (Å²) in [5.74, 6) is 1.12. The summed E-state index contributed by atoms with van der Waals surface area (Å²) in [6.45, 7) is 4.05. The summed E-state index contributed by atoms with van der Waals surface area (Å²) in [6, 6.07) is 3.43. The molecule has 1 aromatic rings. The number of piperidine rings is 1. The summed E-state index contributed by atoms with van der Waals surface area (Å²) in [5, 5.41) is 11.2. The van der Waals surface area contributed by atoms with E-state index in [1.807, 2.05) is 4.90 Å². The Morgan fingerprint density at radius 1 is 1.20 bits per heavy atom. The predicted molar refractivity (Wildman–Crippen MR) is 95.5 cm³/mol. The molecule has 2 fully saturated rings. The van der Waals surface area contributed by atoms with Gasteiger partial charge in [-0.3, -0.25) is 14.9 Å². The van der Waals surface area contributed by atoms with E-state index < -0.39 is 0 Å². The maximum Gasteiger partial charge on any atom is 0.311 e. The van der Waals surface area contributed by atoms with Crippen LogP contribution >= 0.6 is 0 Å². The molecular formula is C18H26N4O3. The quantitative estimate of drug-likeness (QED) is 0.621. The molecule has 25 heavy (non-hydrogen) atoms. The van der Waals surface area contributed by atoms with Crippen LogP contribution in [0.4, 0.5) is 11.5 Å². The van der Waals surface area contributed by atoms with Crippen molar-refractivity contribution in [1.29, 1.82) is 0 Å². The topological polar surface area (TPSA) is 79.6 Å². The number of aromatic nitrogens is 1. The van der Waals surface area contributed by atoms with E-state index in [-0.39, 0.29) is 16.5 Å². The highest BCUT2D eigenvalue weighted by molar-refractivity contribution is 5.73. The summed E-state index contributed by atoms with van der Waals surface area (Å²) < 4.78 is 0. The second-order valence-electron chi connectivity index (χ2n) is 7.06. The average Bonchev–Trinajstić information content (AvgIpc) is 2.88. The lowest BCUT2D eigenvalue weighted by Crippen LogP contribution is -2.47. The van der Waals surface area contributed by atoms with Crippen molar-refractivity contribution in [2.24, 2.45) is 5.92 Å². The smallest absolute Gasteiger partial charge is 0.311 e. The van der Waals surface area contributed by atoms with Crippen molar-refractivity contribution in [1.82, 2.24) is 9.88 Å². The van der Waals surface area contributed by atoms with Gasteiger partial charge in [0.25, 0.3) is 0 Å². The van der Waals surface area contributed by atoms with Gasteiger partial charge in [0.1, 0.15) is 0 Å². The van der Waals surface area contributed by atoms with Gasteiger partial charge in [-0.05, 0) is 37.7 Å². The molecule has 1 atom stereocenters. The first-order valence-electron chi connectivity index (χ1n) is 9.19. The van der Waals surface area contributed by atoms with Gasteiger partial charge in [-0.2, -0.15) is 0 Å². The van der Waals surface area contributed by atoms with Crippen molar-refractivity contribution in [2.75, 3.05) is 24.5 Å². The van der Waals surface area contributed by atoms with Crippen LogP contribution < -0.4 is 4.90 Å². The Morgan fingerprint density at radius 3 is 2.64 bits per heavy atom. The van der Waals surface area contributed by atoms with Gasteiger partial charge in [-0.1, -0.05) is 12.8 Å². The highest BCUT2D eigenvalue weighted by atomic mass is 16.6. The summed E-state index contributed by atoms with van der Waals surface area (Å²) in [4.78, 5) is 31.2. The van der Waals surface area contributed by atoms with E-state index >= 15 is 0 Å². The zero-order valence-corrected chi connectivity index (χ0v) is 14.8. The Morgan fingerprint density at radius 2 is 1.96 bits per heavy atom. The minimum atomic E-state index is -0.364. The van der Waals surface area contributed by atoms with Crippen molar-refractivity contribution in [2.45, 2.75) is 51.5 Å². The Bertz CT molecular complexity index is 629. The first-order valence-corrected chi connectivity index (χ1v) is 9.19. The summed E-state index contributed by atoms with van der Waals surface area (Å²) in [6.07, 6.45) is 8.05. The van der Waals surface area contributed by atoms with E-state index in [2.05, 4.69) is 9.88 Å². The Hall–Kier alpha value is -2.18. The van der Waals surface area contributed by atoms with Crippen molar-refractivity contribution in [3.05, 3.63) is 28.4 Å². The number of anilines is 1. The molecular weight excluding hydrogens is 320 g/mol. The van der Waals surface area contributed by atoms with Gasteiger partial charge in [-0.25, -0.2) is 4.98 Å². The monoisotopic (exact) mass is 346 g/mol. The van der Waals surface area contributed by atoms with Gasteiger partial charge in [0.15, 0.2) is 0 Å². The number of nitrogens with zero attached hydrogens (tertiary/aromatic N) is 4. The second-order valence-corrected chi connectivity index (χ2v) is 7.06. The van der Waals surface area contributed by atoms with Gasteiger partial charge in [0.2, 0.25) is 11.7 Å². The number of hydrogen-bond acceptors (Lipinski definition) is 5. The number of likely N-dealkylation sites (tertiary alicyclic amines) is 1. The van der Waals surface area contributed by atoms with Crippen LogP contribution in [0.15, 0.2) is 18.3 Å². The van der Waals surface area contributed by atoms with E-state index in [1.54, 1.807) is 19.2 Å². The molecule has 2 aliphatic heterocycles. The lowest BCUT2D eigenvalue weighted by molar-refractivity contribution is -0.384. The maximum absolute atomic E-state index is 12.0. The highest BCUT2D eigenvalue weighted by Gasteiger charge is 2.34.